The number of amides is 1. The van der Waals surface area contributed by atoms with Gasteiger partial charge in [-0.2, -0.15) is 0 Å². The Morgan fingerprint density at radius 3 is 2.32 bits per heavy atom. The molecule has 0 heterocycles. The maximum atomic E-state index is 12.5. The molecule has 0 aliphatic heterocycles. The third-order valence-corrected chi connectivity index (χ3v) is 5.56. The SMILES string of the molecule is CC(OC(=O)CCC(=O)c1ccc2c(c1)CCCC2)C(=O)Nc1ccc(N(C)C)cc1. The van der Waals surface area contributed by atoms with Crippen LogP contribution in [0, 0.1) is 0 Å². The molecular weight excluding hydrogens is 392 g/mol. The van der Waals surface area contributed by atoms with E-state index in [1.54, 1.807) is 12.1 Å². The van der Waals surface area contributed by atoms with Gasteiger partial charge in [0.2, 0.25) is 0 Å². The Labute approximate surface area is 183 Å². The van der Waals surface area contributed by atoms with Gasteiger partial charge in [0, 0.05) is 37.5 Å². The Bertz CT molecular complexity index is 950. The molecule has 6 nitrogen and oxygen atoms in total. The lowest BCUT2D eigenvalue weighted by atomic mass is 9.89. The van der Waals surface area contributed by atoms with Gasteiger partial charge >= 0.3 is 5.97 Å². The molecule has 0 radical (unpaired) electrons. The van der Waals surface area contributed by atoms with Crippen LogP contribution in [-0.2, 0) is 27.2 Å². The van der Waals surface area contributed by atoms with Crippen LogP contribution in [0.25, 0.3) is 0 Å². The predicted molar refractivity (Wildman–Crippen MR) is 122 cm³/mol. The lowest BCUT2D eigenvalue weighted by Crippen LogP contribution is -2.30. The molecule has 0 bridgehead atoms. The third-order valence-electron chi connectivity index (χ3n) is 5.56. The number of rotatable bonds is 8. The van der Waals surface area contributed by atoms with Gasteiger partial charge < -0.3 is 15.0 Å². The highest BCUT2D eigenvalue weighted by Gasteiger charge is 2.19. The molecule has 1 N–H and O–H groups in total. The number of carbonyl (C=O) groups is 3. The van der Waals surface area contributed by atoms with Gasteiger partial charge in [-0.05, 0) is 74.1 Å². The number of nitrogens with zero attached hydrogens (tertiary/aromatic N) is 1. The van der Waals surface area contributed by atoms with Gasteiger partial charge in [0.05, 0.1) is 6.42 Å². The van der Waals surface area contributed by atoms with E-state index >= 15 is 0 Å². The quantitative estimate of drug-likeness (QED) is 0.511. The molecule has 0 saturated carbocycles. The molecule has 0 spiro atoms. The minimum atomic E-state index is -0.945. The zero-order valence-corrected chi connectivity index (χ0v) is 18.4. The van der Waals surface area contributed by atoms with Crippen molar-refractivity contribution in [1.29, 1.82) is 0 Å². The Morgan fingerprint density at radius 2 is 1.65 bits per heavy atom. The van der Waals surface area contributed by atoms with Gasteiger partial charge in [0.1, 0.15) is 0 Å². The van der Waals surface area contributed by atoms with E-state index in [4.69, 9.17) is 4.74 Å². The van der Waals surface area contributed by atoms with Crippen molar-refractivity contribution in [1.82, 2.24) is 0 Å². The standard InChI is InChI=1S/C25H30N2O4/c1-17(25(30)26-21-10-12-22(13-11-21)27(2)3)31-24(29)15-14-23(28)20-9-8-18-6-4-5-7-19(18)16-20/h8-13,16-17H,4-7,14-15H2,1-3H3,(H,26,30). The maximum Gasteiger partial charge on any atom is 0.307 e. The topological polar surface area (TPSA) is 75.7 Å². The first-order valence-corrected chi connectivity index (χ1v) is 10.8. The monoisotopic (exact) mass is 422 g/mol. The molecule has 1 amide bonds. The number of ether oxygens (including phenoxy) is 1. The summed E-state index contributed by atoms with van der Waals surface area (Å²) in [7, 11) is 3.87. The fourth-order valence-electron chi connectivity index (χ4n) is 3.66. The smallest absolute Gasteiger partial charge is 0.307 e. The summed E-state index contributed by atoms with van der Waals surface area (Å²) in [6, 6.07) is 13.2. The highest BCUT2D eigenvalue weighted by atomic mass is 16.5. The van der Waals surface area contributed by atoms with Crippen molar-refractivity contribution in [2.45, 2.75) is 51.6 Å². The molecule has 3 rings (SSSR count). The van der Waals surface area contributed by atoms with E-state index in [1.807, 2.05) is 49.3 Å². The fourth-order valence-corrected chi connectivity index (χ4v) is 3.66. The van der Waals surface area contributed by atoms with E-state index in [9.17, 15) is 14.4 Å². The second kappa shape index (κ2) is 10.2. The van der Waals surface area contributed by atoms with Gasteiger partial charge in [0.25, 0.3) is 5.91 Å². The minimum Gasteiger partial charge on any atom is -0.453 e. The van der Waals surface area contributed by atoms with Crippen LogP contribution in [-0.4, -0.2) is 37.9 Å². The minimum absolute atomic E-state index is 0.0505. The number of benzene rings is 2. The van der Waals surface area contributed by atoms with E-state index in [1.165, 1.54) is 24.5 Å². The molecule has 2 aromatic carbocycles. The van der Waals surface area contributed by atoms with Crippen molar-refractivity contribution >= 4 is 29.0 Å². The molecule has 6 heteroatoms. The Balaban J connectivity index is 1.46. The normalized spacial score (nSPS) is 13.6. The lowest BCUT2D eigenvalue weighted by Gasteiger charge is -2.16. The summed E-state index contributed by atoms with van der Waals surface area (Å²) in [5.41, 5.74) is 4.84. The first kappa shape index (κ1) is 22.5. The first-order chi connectivity index (χ1) is 14.8. The van der Waals surface area contributed by atoms with E-state index < -0.39 is 18.0 Å². The first-order valence-electron chi connectivity index (χ1n) is 10.8. The van der Waals surface area contributed by atoms with Gasteiger partial charge in [-0.3, -0.25) is 14.4 Å². The highest BCUT2D eigenvalue weighted by molar-refractivity contribution is 5.98. The van der Waals surface area contributed by atoms with Crippen LogP contribution in [0.1, 0.15) is 54.1 Å². The largest absolute Gasteiger partial charge is 0.453 e. The van der Waals surface area contributed by atoms with E-state index in [-0.39, 0.29) is 18.6 Å². The average Bonchev–Trinajstić information content (AvgIpc) is 2.77. The molecule has 0 fully saturated rings. The van der Waals surface area contributed by atoms with Crippen LogP contribution >= 0.6 is 0 Å². The van der Waals surface area contributed by atoms with E-state index in [0.717, 1.165) is 24.9 Å². The number of nitrogens with one attached hydrogen (secondary N) is 1. The van der Waals surface area contributed by atoms with Crippen molar-refractivity contribution in [3.8, 4) is 0 Å². The highest BCUT2D eigenvalue weighted by Crippen LogP contribution is 2.23. The number of fused-ring (bicyclic) bond motifs is 1. The summed E-state index contributed by atoms with van der Waals surface area (Å²) in [5, 5.41) is 2.73. The zero-order chi connectivity index (χ0) is 22.4. The summed E-state index contributed by atoms with van der Waals surface area (Å²) in [4.78, 5) is 38.9. The molecule has 1 aliphatic carbocycles. The molecular formula is C25H30N2O4. The third kappa shape index (κ3) is 6.17. The number of carbonyl (C=O) groups excluding carboxylic acids is 3. The van der Waals surface area contributed by atoms with Crippen LogP contribution in [0.4, 0.5) is 11.4 Å². The molecule has 0 saturated heterocycles. The number of hydrogen-bond acceptors (Lipinski definition) is 5. The molecule has 0 aromatic heterocycles. The Hall–Kier alpha value is -3.15. The second-order valence-electron chi connectivity index (χ2n) is 8.18. The van der Waals surface area contributed by atoms with Gasteiger partial charge in [-0.15, -0.1) is 0 Å². The summed E-state index contributed by atoms with van der Waals surface area (Å²) in [6.07, 6.45) is 3.48. The fraction of sp³-hybridized carbons (Fsp3) is 0.400. The average molecular weight is 423 g/mol. The van der Waals surface area contributed by atoms with E-state index in [2.05, 4.69) is 5.32 Å². The number of Topliss-reactive ketones (excluding diaryl/α,β-unsaturated/α-hetero) is 1. The van der Waals surface area contributed by atoms with Crippen molar-refractivity contribution in [2.75, 3.05) is 24.3 Å². The van der Waals surface area contributed by atoms with Crippen molar-refractivity contribution < 1.29 is 19.1 Å². The van der Waals surface area contributed by atoms with E-state index in [0.29, 0.717) is 11.3 Å². The Kier molecular flexibility index (Phi) is 7.45. The van der Waals surface area contributed by atoms with Gasteiger partial charge in [-0.1, -0.05) is 12.1 Å². The summed E-state index contributed by atoms with van der Waals surface area (Å²) in [5.74, 6) is -1.05. The summed E-state index contributed by atoms with van der Waals surface area (Å²) < 4.78 is 5.21. The number of aryl methyl sites for hydroxylation is 2. The summed E-state index contributed by atoms with van der Waals surface area (Å²) >= 11 is 0. The zero-order valence-electron chi connectivity index (χ0n) is 18.4. The second-order valence-corrected chi connectivity index (χ2v) is 8.18. The number of anilines is 2. The number of esters is 1. The molecule has 1 unspecified atom stereocenters. The van der Waals surface area contributed by atoms with Crippen LogP contribution < -0.4 is 10.2 Å². The molecule has 164 valence electrons. The molecule has 1 aliphatic rings. The lowest BCUT2D eigenvalue weighted by molar-refractivity contribution is -0.153. The maximum absolute atomic E-state index is 12.5. The predicted octanol–water partition coefficient (Wildman–Crippen LogP) is 4.16. The van der Waals surface area contributed by atoms with Crippen LogP contribution in [0.2, 0.25) is 0 Å². The van der Waals surface area contributed by atoms with Gasteiger partial charge in [-0.25, -0.2) is 0 Å². The van der Waals surface area contributed by atoms with Crippen LogP contribution in [0.3, 0.4) is 0 Å². The molecule has 31 heavy (non-hydrogen) atoms. The van der Waals surface area contributed by atoms with Gasteiger partial charge in [0.15, 0.2) is 11.9 Å². The Morgan fingerprint density at radius 1 is 0.968 bits per heavy atom. The molecule has 1 atom stereocenters. The number of hydrogen-bond donors (Lipinski definition) is 1. The number of ketones is 1. The van der Waals surface area contributed by atoms with Crippen molar-refractivity contribution in [3.05, 3.63) is 59.2 Å². The summed E-state index contributed by atoms with van der Waals surface area (Å²) in [6.45, 7) is 1.52. The molecule has 2 aromatic rings. The van der Waals surface area contributed by atoms with Crippen LogP contribution in [0.15, 0.2) is 42.5 Å². The van der Waals surface area contributed by atoms with Crippen molar-refractivity contribution in [3.63, 3.8) is 0 Å². The van der Waals surface area contributed by atoms with Crippen molar-refractivity contribution in [2.24, 2.45) is 0 Å². The van der Waals surface area contributed by atoms with Crippen LogP contribution in [0.5, 0.6) is 0 Å².